The molecule has 0 aliphatic carbocycles. The van der Waals surface area contributed by atoms with Crippen molar-refractivity contribution in [3.63, 3.8) is 0 Å². The van der Waals surface area contributed by atoms with Crippen molar-refractivity contribution in [2.45, 2.75) is 13.5 Å². The lowest BCUT2D eigenvalue weighted by molar-refractivity contribution is -0.116. The minimum Gasteiger partial charge on any atom is -0.490 e. The fourth-order valence-corrected chi connectivity index (χ4v) is 3.07. The molecule has 0 saturated carbocycles. The van der Waals surface area contributed by atoms with Crippen LogP contribution in [0.25, 0.3) is 0 Å². The van der Waals surface area contributed by atoms with Gasteiger partial charge in [0.1, 0.15) is 12.4 Å². The maximum Gasteiger partial charge on any atom is 0.239 e. The highest BCUT2D eigenvalue weighted by atomic mass is 32.2. The standard InChI is InChI=1S/C20H24N2O4S/c1-4-13-26-19-11-9-18(10-12-19)21-20(23)15-22(27(3,24)25)14-17-7-5-16(2)6-8-17/h4-12H,1,13-15H2,2-3H3,(H,21,23). The van der Waals surface area contributed by atoms with E-state index in [0.29, 0.717) is 18.0 Å². The molecule has 1 amide bonds. The molecule has 2 aromatic carbocycles. The molecule has 7 heteroatoms. The summed E-state index contributed by atoms with van der Waals surface area (Å²) in [7, 11) is -3.53. The zero-order chi connectivity index (χ0) is 19.9. The smallest absolute Gasteiger partial charge is 0.239 e. The van der Waals surface area contributed by atoms with Crippen molar-refractivity contribution in [3.8, 4) is 5.75 Å². The molecule has 0 aliphatic heterocycles. The number of aryl methyl sites for hydroxylation is 1. The number of sulfonamides is 1. The molecule has 27 heavy (non-hydrogen) atoms. The lowest BCUT2D eigenvalue weighted by Gasteiger charge is -2.19. The van der Waals surface area contributed by atoms with Crippen molar-refractivity contribution in [2.75, 3.05) is 24.7 Å². The van der Waals surface area contributed by atoms with E-state index in [9.17, 15) is 13.2 Å². The Hall–Kier alpha value is -2.64. The molecule has 0 bridgehead atoms. The predicted molar refractivity (Wildman–Crippen MR) is 107 cm³/mol. The molecule has 0 aliphatic rings. The summed E-state index contributed by atoms with van der Waals surface area (Å²) in [6.07, 6.45) is 2.74. The summed E-state index contributed by atoms with van der Waals surface area (Å²) in [5.41, 5.74) is 2.47. The monoisotopic (exact) mass is 388 g/mol. The summed E-state index contributed by atoms with van der Waals surface area (Å²) in [5, 5.41) is 2.70. The molecule has 0 heterocycles. The fourth-order valence-electron chi connectivity index (χ4n) is 2.34. The molecule has 0 radical (unpaired) electrons. The Morgan fingerprint density at radius 3 is 2.33 bits per heavy atom. The average Bonchev–Trinajstić information content (AvgIpc) is 2.61. The number of benzene rings is 2. The van der Waals surface area contributed by atoms with Crippen LogP contribution in [0.5, 0.6) is 5.75 Å². The maximum atomic E-state index is 12.3. The van der Waals surface area contributed by atoms with E-state index >= 15 is 0 Å². The number of carbonyl (C=O) groups excluding carboxylic acids is 1. The lowest BCUT2D eigenvalue weighted by Crippen LogP contribution is -2.36. The summed E-state index contributed by atoms with van der Waals surface area (Å²) in [6.45, 7) is 5.81. The van der Waals surface area contributed by atoms with E-state index in [0.717, 1.165) is 21.7 Å². The van der Waals surface area contributed by atoms with Gasteiger partial charge in [0, 0.05) is 12.2 Å². The molecule has 2 rings (SSSR count). The normalized spacial score (nSPS) is 11.2. The molecule has 0 saturated heterocycles. The van der Waals surface area contributed by atoms with Gasteiger partial charge >= 0.3 is 0 Å². The zero-order valence-corrected chi connectivity index (χ0v) is 16.3. The number of carbonyl (C=O) groups is 1. The summed E-state index contributed by atoms with van der Waals surface area (Å²) >= 11 is 0. The van der Waals surface area contributed by atoms with Gasteiger partial charge in [-0.05, 0) is 36.8 Å². The van der Waals surface area contributed by atoms with Crippen LogP contribution in [0, 0.1) is 6.92 Å². The number of amides is 1. The van der Waals surface area contributed by atoms with Gasteiger partial charge in [-0.3, -0.25) is 4.79 Å². The molecular weight excluding hydrogens is 364 g/mol. The van der Waals surface area contributed by atoms with Crippen LogP contribution in [0.15, 0.2) is 61.2 Å². The Morgan fingerprint density at radius 2 is 1.78 bits per heavy atom. The Morgan fingerprint density at radius 1 is 1.15 bits per heavy atom. The summed E-state index contributed by atoms with van der Waals surface area (Å²) in [6, 6.07) is 14.4. The molecule has 0 atom stereocenters. The Bertz CT molecular complexity index is 875. The van der Waals surface area contributed by atoms with Crippen LogP contribution < -0.4 is 10.1 Å². The van der Waals surface area contributed by atoms with Crippen molar-refractivity contribution < 1.29 is 17.9 Å². The lowest BCUT2D eigenvalue weighted by atomic mass is 10.1. The van der Waals surface area contributed by atoms with Crippen LogP contribution in [-0.2, 0) is 21.4 Å². The first kappa shape index (κ1) is 20.7. The summed E-state index contributed by atoms with van der Waals surface area (Å²) < 4.78 is 30.6. The van der Waals surface area contributed by atoms with Gasteiger partial charge in [0.05, 0.1) is 12.8 Å². The van der Waals surface area contributed by atoms with E-state index in [-0.39, 0.29) is 13.1 Å². The molecule has 1 N–H and O–H groups in total. The third kappa shape index (κ3) is 6.88. The third-order valence-corrected chi connectivity index (χ3v) is 4.97. The second-order valence-corrected chi connectivity index (χ2v) is 8.17. The van der Waals surface area contributed by atoms with E-state index in [1.165, 1.54) is 0 Å². The van der Waals surface area contributed by atoms with Gasteiger partial charge in [-0.15, -0.1) is 0 Å². The van der Waals surface area contributed by atoms with Gasteiger partial charge in [-0.1, -0.05) is 42.5 Å². The van der Waals surface area contributed by atoms with Crippen LogP contribution in [0.2, 0.25) is 0 Å². The van der Waals surface area contributed by atoms with Crippen molar-refractivity contribution in [2.24, 2.45) is 0 Å². The Balaban J connectivity index is 2.01. The fraction of sp³-hybridized carbons (Fsp3) is 0.250. The van der Waals surface area contributed by atoms with E-state index in [2.05, 4.69) is 11.9 Å². The summed E-state index contributed by atoms with van der Waals surface area (Å²) in [5.74, 6) is 0.248. The first-order chi connectivity index (χ1) is 12.8. The Labute approximate surface area is 160 Å². The molecule has 6 nitrogen and oxygen atoms in total. The SMILES string of the molecule is C=CCOc1ccc(NC(=O)CN(Cc2ccc(C)cc2)S(C)(=O)=O)cc1. The van der Waals surface area contributed by atoms with Crippen molar-refractivity contribution in [1.82, 2.24) is 4.31 Å². The van der Waals surface area contributed by atoms with Crippen molar-refractivity contribution in [1.29, 1.82) is 0 Å². The van der Waals surface area contributed by atoms with Gasteiger partial charge < -0.3 is 10.1 Å². The average molecular weight is 388 g/mol. The van der Waals surface area contributed by atoms with E-state index < -0.39 is 15.9 Å². The van der Waals surface area contributed by atoms with Crippen molar-refractivity contribution in [3.05, 3.63) is 72.3 Å². The second-order valence-electron chi connectivity index (χ2n) is 6.19. The van der Waals surface area contributed by atoms with Gasteiger partial charge in [0.15, 0.2) is 0 Å². The topological polar surface area (TPSA) is 75.7 Å². The molecular formula is C20H24N2O4S. The van der Waals surface area contributed by atoms with E-state index in [1.807, 2.05) is 31.2 Å². The van der Waals surface area contributed by atoms with Gasteiger partial charge in [0.25, 0.3) is 0 Å². The molecule has 2 aromatic rings. The highest BCUT2D eigenvalue weighted by Gasteiger charge is 2.20. The van der Waals surface area contributed by atoms with E-state index in [1.54, 1.807) is 30.3 Å². The zero-order valence-electron chi connectivity index (χ0n) is 15.5. The molecule has 0 unspecified atom stereocenters. The number of nitrogens with zero attached hydrogens (tertiary/aromatic N) is 1. The van der Waals surface area contributed by atoms with Gasteiger partial charge in [-0.2, -0.15) is 4.31 Å². The first-order valence-corrected chi connectivity index (χ1v) is 10.3. The quantitative estimate of drug-likeness (QED) is 0.670. The second kappa shape index (κ2) is 9.34. The highest BCUT2D eigenvalue weighted by molar-refractivity contribution is 7.88. The number of nitrogens with one attached hydrogen (secondary N) is 1. The summed E-state index contributed by atoms with van der Waals surface area (Å²) in [4.78, 5) is 12.3. The highest BCUT2D eigenvalue weighted by Crippen LogP contribution is 2.16. The van der Waals surface area contributed by atoms with E-state index in [4.69, 9.17) is 4.74 Å². The van der Waals surface area contributed by atoms with Crippen molar-refractivity contribution >= 4 is 21.6 Å². The van der Waals surface area contributed by atoms with Crippen LogP contribution in [0.4, 0.5) is 5.69 Å². The predicted octanol–water partition coefficient (Wildman–Crippen LogP) is 2.96. The van der Waals surface area contributed by atoms with Crippen LogP contribution >= 0.6 is 0 Å². The maximum absolute atomic E-state index is 12.3. The molecule has 144 valence electrons. The number of ether oxygens (including phenoxy) is 1. The Kier molecular flexibility index (Phi) is 7.15. The number of anilines is 1. The van der Waals surface area contributed by atoms with Gasteiger partial charge in [-0.25, -0.2) is 8.42 Å². The van der Waals surface area contributed by atoms with Gasteiger partial charge in [0.2, 0.25) is 15.9 Å². The largest absolute Gasteiger partial charge is 0.490 e. The molecule has 0 fully saturated rings. The minimum absolute atomic E-state index is 0.140. The number of rotatable bonds is 9. The minimum atomic E-state index is -3.53. The molecule has 0 spiro atoms. The van der Waals surface area contributed by atoms with Crippen LogP contribution in [0.3, 0.4) is 0 Å². The number of hydrogen-bond donors (Lipinski definition) is 1. The third-order valence-electron chi connectivity index (χ3n) is 3.77. The van der Waals surface area contributed by atoms with Crippen LogP contribution in [0.1, 0.15) is 11.1 Å². The first-order valence-electron chi connectivity index (χ1n) is 8.42. The molecule has 0 aromatic heterocycles. The number of hydrogen-bond acceptors (Lipinski definition) is 4. The van der Waals surface area contributed by atoms with Crippen LogP contribution in [-0.4, -0.2) is 38.0 Å².